The van der Waals surface area contributed by atoms with Crippen LogP contribution in [0.1, 0.15) is 16.7 Å². The van der Waals surface area contributed by atoms with Crippen LogP contribution in [0.2, 0.25) is 0 Å². The van der Waals surface area contributed by atoms with Crippen LogP contribution in [0.4, 0.5) is 11.4 Å². The fourth-order valence-electron chi connectivity index (χ4n) is 3.71. The Labute approximate surface area is 187 Å². The third kappa shape index (κ3) is 3.71. The molecular weight excluding hydrogens is 404 g/mol. The Balaban J connectivity index is 1.85. The van der Waals surface area contributed by atoms with Crippen molar-refractivity contribution < 1.29 is 19.1 Å². The first-order valence-corrected chi connectivity index (χ1v) is 10.2. The zero-order chi connectivity index (χ0) is 22.8. The Morgan fingerprint density at radius 3 is 2.25 bits per heavy atom. The second-order valence-electron chi connectivity index (χ2n) is 7.54. The maximum atomic E-state index is 13.6. The molecule has 2 amide bonds. The third-order valence-corrected chi connectivity index (χ3v) is 5.43. The van der Waals surface area contributed by atoms with Gasteiger partial charge in [0.2, 0.25) is 0 Å². The highest BCUT2D eigenvalue weighted by Crippen LogP contribution is 2.39. The fourth-order valence-corrected chi connectivity index (χ4v) is 3.71. The summed E-state index contributed by atoms with van der Waals surface area (Å²) in [6.07, 6.45) is 0. The average molecular weight is 428 g/mol. The zero-order valence-corrected chi connectivity index (χ0v) is 18.4. The summed E-state index contributed by atoms with van der Waals surface area (Å²) in [6, 6.07) is 20.1. The molecule has 0 saturated heterocycles. The SMILES string of the molecule is COc1ccc(N2C(=O)C(Nc3cc(C)ccc3C)=C(c3ccccc3)C2=O)c(OC)c1. The lowest BCUT2D eigenvalue weighted by atomic mass is 10.0. The van der Waals surface area contributed by atoms with Crippen LogP contribution in [-0.2, 0) is 9.59 Å². The molecule has 0 aliphatic carbocycles. The molecule has 162 valence electrons. The van der Waals surface area contributed by atoms with E-state index in [0.717, 1.165) is 21.7 Å². The van der Waals surface area contributed by atoms with E-state index in [1.165, 1.54) is 7.11 Å². The summed E-state index contributed by atoms with van der Waals surface area (Å²) in [6.45, 7) is 3.93. The quantitative estimate of drug-likeness (QED) is 0.576. The first-order chi connectivity index (χ1) is 15.4. The lowest BCUT2D eigenvalue weighted by Crippen LogP contribution is -2.32. The molecule has 4 rings (SSSR count). The Morgan fingerprint density at radius 1 is 0.812 bits per heavy atom. The molecule has 0 aromatic heterocycles. The number of imide groups is 1. The number of aryl methyl sites for hydroxylation is 2. The van der Waals surface area contributed by atoms with Crippen molar-refractivity contribution in [2.24, 2.45) is 0 Å². The van der Waals surface area contributed by atoms with Crippen LogP contribution in [0.25, 0.3) is 5.57 Å². The van der Waals surface area contributed by atoms with Crippen LogP contribution in [0.5, 0.6) is 11.5 Å². The molecule has 0 atom stereocenters. The minimum absolute atomic E-state index is 0.229. The van der Waals surface area contributed by atoms with E-state index in [1.54, 1.807) is 25.3 Å². The van der Waals surface area contributed by atoms with Crippen LogP contribution in [-0.4, -0.2) is 26.0 Å². The van der Waals surface area contributed by atoms with Gasteiger partial charge in [0.1, 0.15) is 17.2 Å². The fraction of sp³-hybridized carbons (Fsp3) is 0.154. The number of hydrogen-bond acceptors (Lipinski definition) is 5. The Hall–Kier alpha value is -4.06. The summed E-state index contributed by atoms with van der Waals surface area (Å²) >= 11 is 0. The minimum Gasteiger partial charge on any atom is -0.497 e. The summed E-state index contributed by atoms with van der Waals surface area (Å²) in [5, 5.41) is 3.24. The van der Waals surface area contributed by atoms with Crippen LogP contribution in [0.15, 0.2) is 72.4 Å². The van der Waals surface area contributed by atoms with E-state index in [0.29, 0.717) is 28.3 Å². The highest BCUT2D eigenvalue weighted by atomic mass is 16.5. The van der Waals surface area contributed by atoms with Crippen LogP contribution in [0, 0.1) is 13.8 Å². The smallest absolute Gasteiger partial charge is 0.282 e. The van der Waals surface area contributed by atoms with Gasteiger partial charge in [-0.2, -0.15) is 0 Å². The van der Waals surface area contributed by atoms with Gasteiger partial charge in [0, 0.05) is 11.8 Å². The van der Waals surface area contributed by atoms with Crippen molar-refractivity contribution in [3.05, 3.63) is 89.1 Å². The standard InChI is InChI=1S/C26H24N2O4/c1-16-10-11-17(2)20(14-16)27-24-23(18-8-6-5-7-9-18)25(29)28(26(24)30)21-13-12-19(31-3)15-22(21)32-4/h5-15,27H,1-4H3. The molecule has 3 aromatic carbocycles. The summed E-state index contributed by atoms with van der Waals surface area (Å²) in [4.78, 5) is 28.4. The zero-order valence-electron chi connectivity index (χ0n) is 18.4. The molecule has 0 fully saturated rings. The monoisotopic (exact) mass is 428 g/mol. The van der Waals surface area contributed by atoms with Gasteiger partial charge in [-0.25, -0.2) is 4.90 Å². The molecule has 3 aromatic rings. The van der Waals surface area contributed by atoms with Gasteiger partial charge in [-0.15, -0.1) is 0 Å². The molecular formula is C26H24N2O4. The van der Waals surface area contributed by atoms with E-state index in [4.69, 9.17) is 9.47 Å². The molecule has 0 spiro atoms. The average Bonchev–Trinajstić information content (AvgIpc) is 3.05. The molecule has 0 radical (unpaired) electrons. The van der Waals surface area contributed by atoms with Gasteiger partial charge >= 0.3 is 0 Å². The number of anilines is 2. The molecule has 6 heteroatoms. The normalized spacial score (nSPS) is 13.6. The molecule has 1 heterocycles. The van der Waals surface area contributed by atoms with E-state index in [9.17, 15) is 9.59 Å². The number of ether oxygens (including phenoxy) is 2. The van der Waals surface area contributed by atoms with E-state index >= 15 is 0 Å². The van der Waals surface area contributed by atoms with Crippen LogP contribution >= 0.6 is 0 Å². The molecule has 6 nitrogen and oxygen atoms in total. The minimum atomic E-state index is -0.446. The van der Waals surface area contributed by atoms with Gasteiger partial charge in [-0.1, -0.05) is 42.5 Å². The van der Waals surface area contributed by atoms with Crippen molar-refractivity contribution >= 4 is 28.8 Å². The number of amides is 2. The van der Waals surface area contributed by atoms with Gasteiger partial charge < -0.3 is 14.8 Å². The number of benzene rings is 3. The van der Waals surface area contributed by atoms with E-state index in [-0.39, 0.29) is 5.70 Å². The predicted molar refractivity (Wildman–Crippen MR) is 125 cm³/mol. The second-order valence-corrected chi connectivity index (χ2v) is 7.54. The molecule has 1 aliphatic rings. The number of nitrogens with zero attached hydrogens (tertiary/aromatic N) is 1. The largest absolute Gasteiger partial charge is 0.497 e. The Bertz CT molecular complexity index is 1230. The summed E-state index contributed by atoms with van der Waals surface area (Å²) in [7, 11) is 3.03. The summed E-state index contributed by atoms with van der Waals surface area (Å²) < 4.78 is 10.7. The van der Waals surface area contributed by atoms with Gasteiger partial charge in [0.25, 0.3) is 11.8 Å². The maximum Gasteiger partial charge on any atom is 0.282 e. The van der Waals surface area contributed by atoms with Crippen molar-refractivity contribution in [1.29, 1.82) is 0 Å². The molecule has 0 bridgehead atoms. The second kappa shape index (κ2) is 8.59. The van der Waals surface area contributed by atoms with Gasteiger partial charge in [0.15, 0.2) is 0 Å². The number of rotatable bonds is 6. The van der Waals surface area contributed by atoms with Crippen molar-refractivity contribution in [3.63, 3.8) is 0 Å². The molecule has 32 heavy (non-hydrogen) atoms. The number of nitrogens with one attached hydrogen (secondary N) is 1. The number of methoxy groups -OCH3 is 2. The van der Waals surface area contributed by atoms with Gasteiger partial charge in [-0.3, -0.25) is 9.59 Å². The molecule has 0 saturated carbocycles. The molecule has 1 aliphatic heterocycles. The highest BCUT2D eigenvalue weighted by Gasteiger charge is 2.41. The molecule has 1 N–H and O–H groups in total. The summed E-state index contributed by atoms with van der Waals surface area (Å²) in [5.74, 6) is 0.0665. The number of hydrogen-bond donors (Lipinski definition) is 1. The van der Waals surface area contributed by atoms with Crippen LogP contribution in [0.3, 0.4) is 0 Å². The Kier molecular flexibility index (Phi) is 5.69. The number of carbonyl (C=O) groups excluding carboxylic acids is 2. The lowest BCUT2D eigenvalue weighted by Gasteiger charge is -2.19. The highest BCUT2D eigenvalue weighted by molar-refractivity contribution is 6.46. The summed E-state index contributed by atoms with van der Waals surface area (Å²) in [5.41, 5.74) is 4.35. The maximum absolute atomic E-state index is 13.6. The lowest BCUT2D eigenvalue weighted by molar-refractivity contribution is -0.120. The third-order valence-electron chi connectivity index (χ3n) is 5.43. The van der Waals surface area contributed by atoms with Gasteiger partial charge in [-0.05, 0) is 48.7 Å². The van der Waals surface area contributed by atoms with Crippen molar-refractivity contribution in [3.8, 4) is 11.5 Å². The van der Waals surface area contributed by atoms with Gasteiger partial charge in [0.05, 0.1) is 25.5 Å². The first-order valence-electron chi connectivity index (χ1n) is 10.2. The van der Waals surface area contributed by atoms with Crippen molar-refractivity contribution in [2.75, 3.05) is 24.4 Å². The van der Waals surface area contributed by atoms with E-state index in [2.05, 4.69) is 5.32 Å². The predicted octanol–water partition coefficient (Wildman–Crippen LogP) is 4.72. The van der Waals surface area contributed by atoms with Crippen LogP contribution < -0.4 is 19.7 Å². The van der Waals surface area contributed by atoms with E-state index < -0.39 is 11.8 Å². The number of carbonyl (C=O) groups is 2. The first kappa shape index (κ1) is 21.2. The van der Waals surface area contributed by atoms with E-state index in [1.807, 2.05) is 62.4 Å². The van der Waals surface area contributed by atoms with Crippen molar-refractivity contribution in [1.82, 2.24) is 0 Å². The topological polar surface area (TPSA) is 67.9 Å². The Morgan fingerprint density at radius 2 is 1.56 bits per heavy atom. The van der Waals surface area contributed by atoms with Crippen molar-refractivity contribution in [2.45, 2.75) is 13.8 Å². The molecule has 0 unspecified atom stereocenters.